The summed E-state index contributed by atoms with van der Waals surface area (Å²) in [6.07, 6.45) is 0. The molecule has 0 bridgehead atoms. The molecule has 0 saturated carbocycles. The lowest BCUT2D eigenvalue weighted by molar-refractivity contribution is 1.29. The topological polar surface area (TPSA) is 15.8 Å². The largest absolute Gasteiger partial charge is 0.358 e. The summed E-state index contributed by atoms with van der Waals surface area (Å²) in [5.41, 5.74) is 4.96. The highest BCUT2D eigenvalue weighted by atomic mass is 14.7. The van der Waals surface area contributed by atoms with E-state index in [-0.39, 0.29) is 0 Å². The highest BCUT2D eigenvalue weighted by Gasteiger charge is 2.02. The van der Waals surface area contributed by atoms with E-state index in [0.29, 0.717) is 0 Å². The average molecular weight is 158 g/mol. The molecule has 0 aliphatic heterocycles. The van der Waals surface area contributed by atoms with Crippen LogP contribution in [0.25, 0.3) is 10.9 Å². The fraction of sp³-hybridized carbons (Fsp3) is 0.273. The molecule has 0 spiro atoms. The quantitative estimate of drug-likeness (QED) is 0.606. The van der Waals surface area contributed by atoms with Gasteiger partial charge in [0.15, 0.2) is 0 Å². The lowest BCUT2D eigenvalue weighted by Gasteiger charge is -1.99. The number of nitrogens with one attached hydrogen (secondary N) is 1. The van der Waals surface area contributed by atoms with Gasteiger partial charge >= 0.3 is 0 Å². The summed E-state index contributed by atoms with van der Waals surface area (Å²) in [5, 5.41) is 1.23. The van der Waals surface area contributed by atoms with Gasteiger partial charge in [0.25, 0.3) is 0 Å². The predicted octanol–water partition coefficient (Wildman–Crippen LogP) is 2.89. The third-order valence-corrected chi connectivity index (χ3v) is 2.37. The molecule has 1 radical (unpaired) electrons. The molecule has 61 valence electrons. The number of aryl methyl sites for hydroxylation is 3. The van der Waals surface area contributed by atoms with Gasteiger partial charge in [-0.2, -0.15) is 0 Å². The zero-order valence-electron chi connectivity index (χ0n) is 7.65. The Morgan fingerprint density at radius 3 is 2.67 bits per heavy atom. The number of benzene rings is 1. The van der Waals surface area contributed by atoms with E-state index in [0.717, 1.165) is 5.69 Å². The zero-order valence-corrected chi connectivity index (χ0v) is 7.65. The molecule has 0 unspecified atom stereocenters. The van der Waals surface area contributed by atoms with E-state index in [9.17, 15) is 0 Å². The Morgan fingerprint density at radius 1 is 1.17 bits per heavy atom. The molecule has 1 nitrogen and oxygen atoms in total. The van der Waals surface area contributed by atoms with Gasteiger partial charge in [0, 0.05) is 22.7 Å². The number of fused-ring (bicyclic) bond motifs is 1. The Kier molecular flexibility index (Phi) is 1.47. The Hall–Kier alpha value is -1.24. The van der Waals surface area contributed by atoms with Crippen molar-refractivity contribution in [1.82, 2.24) is 4.98 Å². The molecule has 0 amide bonds. The van der Waals surface area contributed by atoms with Gasteiger partial charge in [0.2, 0.25) is 0 Å². The van der Waals surface area contributed by atoms with Crippen molar-refractivity contribution in [3.05, 3.63) is 35.0 Å². The fourth-order valence-electron chi connectivity index (χ4n) is 1.50. The van der Waals surface area contributed by atoms with Gasteiger partial charge in [-0.25, -0.2) is 0 Å². The Morgan fingerprint density at radius 2 is 1.92 bits per heavy atom. The molecule has 1 heteroatoms. The summed E-state index contributed by atoms with van der Waals surface area (Å²) in [6, 6.07) is 7.56. The average Bonchev–Trinajstić information content (AvgIpc) is 2.39. The van der Waals surface area contributed by atoms with Crippen LogP contribution in [0.1, 0.15) is 16.8 Å². The lowest BCUT2D eigenvalue weighted by Crippen LogP contribution is -1.80. The highest BCUT2D eigenvalue weighted by Crippen LogP contribution is 2.20. The molecule has 2 rings (SSSR count). The Balaban J connectivity index is 2.89. The third-order valence-electron chi connectivity index (χ3n) is 2.37. The van der Waals surface area contributed by atoms with Crippen LogP contribution in [0.3, 0.4) is 0 Å². The van der Waals surface area contributed by atoms with Crippen LogP contribution in [0.4, 0.5) is 0 Å². The second kappa shape index (κ2) is 2.37. The van der Waals surface area contributed by atoms with Crippen molar-refractivity contribution in [3.8, 4) is 0 Å². The highest BCUT2D eigenvalue weighted by molar-refractivity contribution is 5.84. The summed E-state index contributed by atoms with van der Waals surface area (Å²) in [5.74, 6) is 0. The van der Waals surface area contributed by atoms with Gasteiger partial charge < -0.3 is 4.98 Å². The fourth-order valence-corrected chi connectivity index (χ4v) is 1.50. The Bertz CT molecular complexity index is 424. The zero-order chi connectivity index (χ0) is 8.72. The van der Waals surface area contributed by atoms with Gasteiger partial charge in [-0.15, -0.1) is 0 Å². The normalized spacial score (nSPS) is 10.9. The maximum absolute atomic E-state index is 3.31. The summed E-state index contributed by atoms with van der Waals surface area (Å²) < 4.78 is 0. The molecule has 1 N–H and O–H groups in total. The second-order valence-corrected chi connectivity index (χ2v) is 3.31. The minimum atomic E-state index is 1.11. The first-order chi connectivity index (χ1) is 5.68. The van der Waals surface area contributed by atoms with Crippen molar-refractivity contribution >= 4 is 10.9 Å². The predicted molar refractivity (Wildman–Crippen MR) is 51.3 cm³/mol. The number of aromatic amines is 1. The minimum Gasteiger partial charge on any atom is -0.358 e. The van der Waals surface area contributed by atoms with E-state index in [1.165, 1.54) is 22.0 Å². The standard InChI is InChI=1S/C11H12N/c1-7-4-5-11-10(9(7)3)6-8(2)12-11/h4-5,12H,1-3H3. The second-order valence-electron chi connectivity index (χ2n) is 3.31. The van der Waals surface area contributed by atoms with Crippen LogP contribution in [0.2, 0.25) is 0 Å². The van der Waals surface area contributed by atoms with Crippen molar-refractivity contribution in [2.45, 2.75) is 20.8 Å². The van der Waals surface area contributed by atoms with Gasteiger partial charge in [-0.3, -0.25) is 0 Å². The molecule has 1 aromatic carbocycles. The summed E-state index contributed by atoms with van der Waals surface area (Å²) >= 11 is 0. The monoisotopic (exact) mass is 158 g/mol. The lowest BCUT2D eigenvalue weighted by atomic mass is 10.1. The molecule has 0 saturated heterocycles. The SMILES string of the molecule is Cc1[c]c2c(C)c(C)ccc2[nH]1. The Labute approximate surface area is 72.4 Å². The van der Waals surface area contributed by atoms with Gasteiger partial charge in [-0.1, -0.05) is 6.07 Å². The van der Waals surface area contributed by atoms with E-state index >= 15 is 0 Å². The third kappa shape index (κ3) is 0.934. The van der Waals surface area contributed by atoms with Crippen LogP contribution in [-0.4, -0.2) is 4.98 Å². The summed E-state index contributed by atoms with van der Waals surface area (Å²) in [6.45, 7) is 6.31. The van der Waals surface area contributed by atoms with Crippen LogP contribution in [0.15, 0.2) is 12.1 Å². The van der Waals surface area contributed by atoms with E-state index in [2.05, 4.69) is 37.0 Å². The van der Waals surface area contributed by atoms with Crippen LogP contribution in [0, 0.1) is 26.8 Å². The molecule has 1 heterocycles. The van der Waals surface area contributed by atoms with E-state index in [1.54, 1.807) is 0 Å². The molecule has 12 heavy (non-hydrogen) atoms. The molecular formula is C11H12N. The van der Waals surface area contributed by atoms with Crippen molar-refractivity contribution in [2.75, 3.05) is 0 Å². The molecule has 2 aromatic rings. The first-order valence-electron chi connectivity index (χ1n) is 4.16. The number of hydrogen-bond acceptors (Lipinski definition) is 0. The summed E-state index contributed by atoms with van der Waals surface area (Å²) in [4.78, 5) is 3.27. The van der Waals surface area contributed by atoms with Crippen molar-refractivity contribution in [3.63, 3.8) is 0 Å². The van der Waals surface area contributed by atoms with Gasteiger partial charge in [0.05, 0.1) is 0 Å². The smallest absolute Gasteiger partial charge is 0.0465 e. The number of rotatable bonds is 0. The van der Waals surface area contributed by atoms with Crippen molar-refractivity contribution in [2.24, 2.45) is 0 Å². The first kappa shape index (κ1) is 7.41. The number of aromatic nitrogens is 1. The van der Waals surface area contributed by atoms with E-state index in [4.69, 9.17) is 0 Å². The van der Waals surface area contributed by atoms with Gasteiger partial charge in [-0.05, 0) is 38.0 Å². The van der Waals surface area contributed by atoms with Crippen LogP contribution in [-0.2, 0) is 0 Å². The van der Waals surface area contributed by atoms with Crippen molar-refractivity contribution in [1.29, 1.82) is 0 Å². The number of hydrogen-bond donors (Lipinski definition) is 1. The molecule has 0 aliphatic carbocycles. The maximum atomic E-state index is 3.31. The van der Waals surface area contributed by atoms with Crippen LogP contribution >= 0.6 is 0 Å². The first-order valence-corrected chi connectivity index (χ1v) is 4.16. The van der Waals surface area contributed by atoms with Crippen LogP contribution < -0.4 is 0 Å². The molecule has 0 aliphatic rings. The molecule has 0 atom stereocenters. The maximum Gasteiger partial charge on any atom is 0.0465 e. The summed E-state index contributed by atoms with van der Waals surface area (Å²) in [7, 11) is 0. The molecule has 1 aromatic heterocycles. The molecular weight excluding hydrogens is 146 g/mol. The molecule has 0 fully saturated rings. The number of H-pyrrole nitrogens is 1. The van der Waals surface area contributed by atoms with Crippen LogP contribution in [0.5, 0.6) is 0 Å². The minimum absolute atomic E-state index is 1.11. The van der Waals surface area contributed by atoms with E-state index in [1.807, 2.05) is 6.92 Å². The van der Waals surface area contributed by atoms with Crippen molar-refractivity contribution < 1.29 is 0 Å². The van der Waals surface area contributed by atoms with E-state index < -0.39 is 0 Å². The van der Waals surface area contributed by atoms with Gasteiger partial charge in [0.1, 0.15) is 0 Å².